The number of aryl methyl sites for hydroxylation is 1. The predicted molar refractivity (Wildman–Crippen MR) is 54.0 cm³/mol. The van der Waals surface area contributed by atoms with Gasteiger partial charge in [-0.1, -0.05) is 0 Å². The zero-order valence-corrected chi connectivity index (χ0v) is 8.36. The number of Topliss-reactive ketones (excluding diaryl/α,β-unsaturated/α-hetero) is 1. The number of phenolic OH excluding ortho intramolecular Hbond substituents is 1. The van der Waals surface area contributed by atoms with Gasteiger partial charge < -0.3 is 10.2 Å². The van der Waals surface area contributed by atoms with E-state index in [9.17, 15) is 14.7 Å². The Bertz CT molecular complexity index is 396. The van der Waals surface area contributed by atoms with Crippen molar-refractivity contribution in [3.05, 3.63) is 29.3 Å². The van der Waals surface area contributed by atoms with Gasteiger partial charge >= 0.3 is 5.97 Å². The lowest BCUT2D eigenvalue weighted by Crippen LogP contribution is -2.03. The molecule has 0 atom stereocenters. The summed E-state index contributed by atoms with van der Waals surface area (Å²) in [7, 11) is 0. The first-order valence-electron chi connectivity index (χ1n) is 4.55. The molecule has 0 aliphatic carbocycles. The molecule has 2 N–H and O–H groups in total. The lowest BCUT2D eigenvalue weighted by atomic mass is 10.0. The van der Waals surface area contributed by atoms with Gasteiger partial charge in [-0.25, -0.2) is 0 Å². The number of hydrogen-bond donors (Lipinski definition) is 2. The second-order valence-electron chi connectivity index (χ2n) is 3.32. The summed E-state index contributed by atoms with van der Waals surface area (Å²) in [6, 6.07) is 4.48. The Morgan fingerprint density at radius 2 is 1.93 bits per heavy atom. The largest absolute Gasteiger partial charge is 0.508 e. The van der Waals surface area contributed by atoms with Crippen molar-refractivity contribution in [3.8, 4) is 5.75 Å². The monoisotopic (exact) mass is 208 g/mol. The van der Waals surface area contributed by atoms with E-state index in [0.717, 1.165) is 0 Å². The smallest absolute Gasteiger partial charge is 0.303 e. The van der Waals surface area contributed by atoms with Crippen LogP contribution < -0.4 is 0 Å². The van der Waals surface area contributed by atoms with Crippen LogP contribution in [0.2, 0.25) is 0 Å². The van der Waals surface area contributed by atoms with Gasteiger partial charge in [-0.2, -0.15) is 0 Å². The Morgan fingerprint density at radius 1 is 1.27 bits per heavy atom. The van der Waals surface area contributed by atoms with Gasteiger partial charge in [0.05, 0.1) is 6.42 Å². The summed E-state index contributed by atoms with van der Waals surface area (Å²) < 4.78 is 0. The molecule has 4 heteroatoms. The number of phenols is 1. The molecular weight excluding hydrogens is 196 g/mol. The first kappa shape index (κ1) is 11.2. The Hall–Kier alpha value is -1.84. The minimum atomic E-state index is -0.987. The highest BCUT2D eigenvalue weighted by Crippen LogP contribution is 2.18. The molecule has 0 aliphatic rings. The molecule has 0 amide bonds. The van der Waals surface area contributed by atoms with Crippen molar-refractivity contribution in [3.63, 3.8) is 0 Å². The topological polar surface area (TPSA) is 74.6 Å². The van der Waals surface area contributed by atoms with E-state index in [1.165, 1.54) is 12.1 Å². The maximum atomic E-state index is 11.5. The number of hydrogen-bond acceptors (Lipinski definition) is 3. The first-order chi connectivity index (χ1) is 7.00. The Morgan fingerprint density at radius 3 is 2.47 bits per heavy atom. The molecule has 0 bridgehead atoms. The van der Waals surface area contributed by atoms with Crippen LogP contribution in [0.25, 0.3) is 0 Å². The van der Waals surface area contributed by atoms with Gasteiger partial charge in [0.15, 0.2) is 5.78 Å². The zero-order chi connectivity index (χ0) is 11.4. The molecule has 1 rings (SSSR count). The van der Waals surface area contributed by atoms with Crippen LogP contribution in [-0.2, 0) is 4.79 Å². The fourth-order valence-electron chi connectivity index (χ4n) is 1.19. The summed E-state index contributed by atoms with van der Waals surface area (Å²) in [6.45, 7) is 1.68. The average Bonchev–Trinajstić information content (AvgIpc) is 2.18. The molecule has 0 heterocycles. The minimum absolute atomic E-state index is 0.0143. The van der Waals surface area contributed by atoms with Crippen LogP contribution >= 0.6 is 0 Å². The fraction of sp³-hybridized carbons (Fsp3) is 0.273. The van der Waals surface area contributed by atoms with Crippen LogP contribution in [0.1, 0.15) is 28.8 Å². The Labute approximate surface area is 87.2 Å². The standard InChI is InChI=1S/C11H12O4/c1-7-6-8(2-3-9(7)12)10(13)4-5-11(14)15/h2-3,6,12H,4-5H2,1H3,(H,14,15). The van der Waals surface area contributed by atoms with E-state index >= 15 is 0 Å². The normalized spacial score (nSPS) is 9.93. The van der Waals surface area contributed by atoms with E-state index in [0.29, 0.717) is 11.1 Å². The van der Waals surface area contributed by atoms with Crippen LogP contribution in [0, 0.1) is 6.92 Å². The van der Waals surface area contributed by atoms with Crippen molar-refractivity contribution in [1.29, 1.82) is 0 Å². The third kappa shape index (κ3) is 3.09. The van der Waals surface area contributed by atoms with E-state index in [2.05, 4.69) is 0 Å². The molecule has 4 nitrogen and oxygen atoms in total. The van der Waals surface area contributed by atoms with Crippen molar-refractivity contribution in [2.45, 2.75) is 19.8 Å². The molecule has 0 fully saturated rings. The Kier molecular flexibility index (Phi) is 3.44. The predicted octanol–water partition coefficient (Wildman–Crippen LogP) is 1.75. The summed E-state index contributed by atoms with van der Waals surface area (Å²) in [5.74, 6) is -1.08. The van der Waals surface area contributed by atoms with Gasteiger partial charge in [-0.3, -0.25) is 9.59 Å². The summed E-state index contributed by atoms with van der Waals surface area (Å²) in [6.07, 6.45) is -0.182. The van der Waals surface area contributed by atoms with Crippen molar-refractivity contribution in [1.82, 2.24) is 0 Å². The molecule has 0 unspecified atom stereocenters. The van der Waals surface area contributed by atoms with Gasteiger partial charge in [-0.15, -0.1) is 0 Å². The number of carbonyl (C=O) groups is 2. The van der Waals surface area contributed by atoms with Crippen molar-refractivity contribution in [2.75, 3.05) is 0 Å². The van der Waals surface area contributed by atoms with Crippen LogP contribution in [0.3, 0.4) is 0 Å². The summed E-state index contributed by atoms with van der Waals surface area (Å²) in [5.41, 5.74) is 1.04. The maximum Gasteiger partial charge on any atom is 0.303 e. The summed E-state index contributed by atoms with van der Waals surface area (Å²) in [5, 5.41) is 17.7. The molecular formula is C11H12O4. The van der Waals surface area contributed by atoms with Gasteiger partial charge in [0.2, 0.25) is 0 Å². The van der Waals surface area contributed by atoms with Gasteiger partial charge in [0.1, 0.15) is 5.75 Å². The highest BCUT2D eigenvalue weighted by molar-refractivity contribution is 5.97. The molecule has 1 aromatic rings. The number of rotatable bonds is 4. The summed E-state index contributed by atoms with van der Waals surface area (Å²) in [4.78, 5) is 21.7. The molecule has 1 aromatic carbocycles. The number of ketones is 1. The number of carboxylic acids is 1. The molecule has 0 spiro atoms. The number of aliphatic carboxylic acids is 1. The third-order valence-electron chi connectivity index (χ3n) is 2.08. The number of benzene rings is 1. The highest BCUT2D eigenvalue weighted by atomic mass is 16.4. The van der Waals surface area contributed by atoms with Crippen molar-refractivity contribution < 1.29 is 19.8 Å². The summed E-state index contributed by atoms with van der Waals surface area (Å²) >= 11 is 0. The van der Waals surface area contributed by atoms with E-state index in [1.54, 1.807) is 13.0 Å². The molecule has 0 saturated heterocycles. The van der Waals surface area contributed by atoms with E-state index < -0.39 is 5.97 Å². The SMILES string of the molecule is Cc1cc(C(=O)CCC(=O)O)ccc1O. The number of aromatic hydroxyl groups is 1. The lowest BCUT2D eigenvalue weighted by Gasteiger charge is -2.02. The molecule has 0 aromatic heterocycles. The number of carbonyl (C=O) groups excluding carboxylic acids is 1. The molecule has 15 heavy (non-hydrogen) atoms. The average molecular weight is 208 g/mol. The maximum absolute atomic E-state index is 11.5. The number of carboxylic acid groups (broad SMARTS) is 1. The third-order valence-corrected chi connectivity index (χ3v) is 2.08. The molecule has 80 valence electrons. The quantitative estimate of drug-likeness (QED) is 0.739. The highest BCUT2D eigenvalue weighted by Gasteiger charge is 2.09. The van der Waals surface area contributed by atoms with E-state index in [-0.39, 0.29) is 24.4 Å². The lowest BCUT2D eigenvalue weighted by molar-refractivity contribution is -0.136. The van der Waals surface area contributed by atoms with E-state index in [1.807, 2.05) is 0 Å². The zero-order valence-electron chi connectivity index (χ0n) is 8.36. The van der Waals surface area contributed by atoms with Crippen molar-refractivity contribution >= 4 is 11.8 Å². The van der Waals surface area contributed by atoms with Crippen LogP contribution in [0.4, 0.5) is 0 Å². The van der Waals surface area contributed by atoms with Crippen molar-refractivity contribution in [2.24, 2.45) is 0 Å². The first-order valence-corrected chi connectivity index (χ1v) is 4.55. The van der Waals surface area contributed by atoms with Gasteiger partial charge in [0, 0.05) is 12.0 Å². The minimum Gasteiger partial charge on any atom is -0.508 e. The van der Waals surface area contributed by atoms with Crippen LogP contribution in [-0.4, -0.2) is 22.0 Å². The van der Waals surface area contributed by atoms with Crippen LogP contribution in [0.5, 0.6) is 5.75 Å². The molecule has 0 aliphatic heterocycles. The Balaban J connectivity index is 2.74. The van der Waals surface area contributed by atoms with Gasteiger partial charge in [0.25, 0.3) is 0 Å². The second-order valence-corrected chi connectivity index (χ2v) is 3.32. The van der Waals surface area contributed by atoms with Gasteiger partial charge in [-0.05, 0) is 30.7 Å². The van der Waals surface area contributed by atoms with Crippen LogP contribution in [0.15, 0.2) is 18.2 Å². The fourth-order valence-corrected chi connectivity index (χ4v) is 1.19. The molecule has 0 saturated carbocycles. The second kappa shape index (κ2) is 4.59. The molecule has 0 radical (unpaired) electrons. The van der Waals surface area contributed by atoms with E-state index in [4.69, 9.17) is 5.11 Å².